The number of ketones is 1. The molecular formula is C31H32N2O6. The molecule has 0 radical (unpaired) electrons. The molecule has 0 bridgehead atoms. The second kappa shape index (κ2) is 12.8. The summed E-state index contributed by atoms with van der Waals surface area (Å²) >= 11 is 0. The van der Waals surface area contributed by atoms with Gasteiger partial charge >= 0.3 is 0 Å². The Morgan fingerprint density at radius 3 is 2.51 bits per heavy atom. The number of Topliss-reactive ketones (excluding diaryl/α,β-unsaturated/α-hetero) is 1. The van der Waals surface area contributed by atoms with Crippen LogP contribution in [0, 0.1) is 0 Å². The molecule has 0 aliphatic carbocycles. The van der Waals surface area contributed by atoms with E-state index in [0.717, 1.165) is 12.0 Å². The van der Waals surface area contributed by atoms with E-state index in [0.29, 0.717) is 41.6 Å². The van der Waals surface area contributed by atoms with Gasteiger partial charge in [-0.1, -0.05) is 31.7 Å². The van der Waals surface area contributed by atoms with Crippen molar-refractivity contribution in [2.45, 2.75) is 32.9 Å². The number of pyridine rings is 1. The molecule has 8 nitrogen and oxygen atoms in total. The first-order valence-electron chi connectivity index (χ1n) is 12.9. The molecule has 1 amide bonds. The minimum absolute atomic E-state index is 0.00618. The van der Waals surface area contributed by atoms with Crippen molar-refractivity contribution in [2.24, 2.45) is 0 Å². The van der Waals surface area contributed by atoms with E-state index in [4.69, 9.17) is 14.2 Å². The van der Waals surface area contributed by atoms with Gasteiger partial charge in [-0.3, -0.25) is 14.6 Å². The SMILES string of the molecule is C=CCOc1ccc(C2/C(=C(\O)c3ccc(OCCC)cc3)C(=O)C(=O)N2Cc2cccnc2)cc1OCC. The van der Waals surface area contributed by atoms with Gasteiger partial charge in [-0.15, -0.1) is 0 Å². The molecule has 2 aromatic carbocycles. The fourth-order valence-electron chi connectivity index (χ4n) is 4.39. The van der Waals surface area contributed by atoms with E-state index in [1.807, 2.05) is 19.9 Å². The van der Waals surface area contributed by atoms with Gasteiger partial charge in [0.15, 0.2) is 11.5 Å². The molecule has 1 fully saturated rings. The predicted octanol–water partition coefficient (Wildman–Crippen LogP) is 5.46. The number of likely N-dealkylation sites (tertiary alicyclic amines) is 1. The molecule has 0 spiro atoms. The van der Waals surface area contributed by atoms with Crippen LogP contribution in [0.5, 0.6) is 17.2 Å². The Kier molecular flexibility index (Phi) is 8.99. The van der Waals surface area contributed by atoms with Crippen molar-refractivity contribution in [3.63, 3.8) is 0 Å². The minimum atomic E-state index is -0.867. The summed E-state index contributed by atoms with van der Waals surface area (Å²) in [6, 6.07) is 14.8. The number of aliphatic hydroxyl groups excluding tert-OH is 1. The maximum atomic E-state index is 13.4. The number of hydrogen-bond donors (Lipinski definition) is 1. The Hall–Kier alpha value is -4.59. The molecule has 1 saturated heterocycles. The molecule has 1 aliphatic heterocycles. The van der Waals surface area contributed by atoms with Crippen molar-refractivity contribution >= 4 is 17.4 Å². The summed E-state index contributed by atoms with van der Waals surface area (Å²) in [5, 5.41) is 11.4. The predicted molar refractivity (Wildman–Crippen MR) is 148 cm³/mol. The van der Waals surface area contributed by atoms with E-state index in [2.05, 4.69) is 11.6 Å². The lowest BCUT2D eigenvalue weighted by atomic mass is 9.94. The normalized spacial score (nSPS) is 16.3. The monoisotopic (exact) mass is 528 g/mol. The zero-order chi connectivity index (χ0) is 27.8. The highest BCUT2D eigenvalue weighted by atomic mass is 16.5. The first-order valence-corrected chi connectivity index (χ1v) is 12.9. The molecule has 1 aromatic heterocycles. The third kappa shape index (κ3) is 6.12. The number of hydrogen-bond acceptors (Lipinski definition) is 7. The number of carbonyl (C=O) groups is 2. The van der Waals surface area contributed by atoms with Crippen LogP contribution in [0.25, 0.3) is 5.76 Å². The van der Waals surface area contributed by atoms with Gasteiger partial charge in [0.25, 0.3) is 11.7 Å². The lowest BCUT2D eigenvalue weighted by Gasteiger charge is -2.26. The molecule has 3 aromatic rings. The van der Waals surface area contributed by atoms with E-state index >= 15 is 0 Å². The molecule has 202 valence electrons. The van der Waals surface area contributed by atoms with Crippen LogP contribution in [0.15, 0.2) is 85.2 Å². The van der Waals surface area contributed by atoms with Crippen LogP contribution in [0.4, 0.5) is 0 Å². The molecular weight excluding hydrogens is 496 g/mol. The number of benzene rings is 2. The molecule has 1 atom stereocenters. The quantitative estimate of drug-likeness (QED) is 0.144. The molecule has 8 heteroatoms. The van der Waals surface area contributed by atoms with Crippen LogP contribution in [0.2, 0.25) is 0 Å². The number of carbonyl (C=O) groups excluding carboxylic acids is 2. The first kappa shape index (κ1) is 27.4. The summed E-state index contributed by atoms with van der Waals surface area (Å²) in [6.07, 6.45) is 5.77. The summed E-state index contributed by atoms with van der Waals surface area (Å²) in [4.78, 5) is 32.4. The number of rotatable bonds is 12. The molecule has 2 heterocycles. The van der Waals surface area contributed by atoms with E-state index in [1.165, 1.54) is 4.90 Å². The number of ether oxygens (including phenoxy) is 3. The molecule has 39 heavy (non-hydrogen) atoms. The fourth-order valence-corrected chi connectivity index (χ4v) is 4.39. The average molecular weight is 529 g/mol. The second-order valence-electron chi connectivity index (χ2n) is 8.90. The summed E-state index contributed by atoms with van der Waals surface area (Å²) in [6.45, 7) is 8.92. The van der Waals surface area contributed by atoms with Crippen molar-refractivity contribution in [1.82, 2.24) is 9.88 Å². The van der Waals surface area contributed by atoms with Gasteiger partial charge in [-0.2, -0.15) is 0 Å². The minimum Gasteiger partial charge on any atom is -0.507 e. The molecule has 1 N–H and O–H groups in total. The topological polar surface area (TPSA) is 98.2 Å². The number of nitrogens with zero attached hydrogens (tertiary/aromatic N) is 2. The lowest BCUT2D eigenvalue weighted by molar-refractivity contribution is -0.140. The number of aliphatic hydroxyl groups is 1. The molecule has 1 aliphatic rings. The number of amides is 1. The van der Waals surface area contributed by atoms with Crippen molar-refractivity contribution in [1.29, 1.82) is 0 Å². The maximum absolute atomic E-state index is 13.4. The highest BCUT2D eigenvalue weighted by molar-refractivity contribution is 6.46. The summed E-state index contributed by atoms with van der Waals surface area (Å²) < 4.78 is 17.2. The van der Waals surface area contributed by atoms with Crippen LogP contribution >= 0.6 is 0 Å². The highest BCUT2D eigenvalue weighted by Crippen LogP contribution is 2.43. The van der Waals surface area contributed by atoms with E-state index < -0.39 is 17.7 Å². The van der Waals surface area contributed by atoms with Gasteiger partial charge in [-0.05, 0) is 66.9 Å². The Balaban J connectivity index is 1.82. The number of aromatic nitrogens is 1. The van der Waals surface area contributed by atoms with Crippen LogP contribution in [-0.4, -0.2) is 46.5 Å². The second-order valence-corrected chi connectivity index (χ2v) is 8.90. The van der Waals surface area contributed by atoms with Crippen LogP contribution < -0.4 is 14.2 Å². The fraction of sp³-hybridized carbons (Fsp3) is 0.258. The maximum Gasteiger partial charge on any atom is 0.295 e. The Morgan fingerprint density at radius 2 is 1.85 bits per heavy atom. The standard InChI is InChI=1S/C31H32N2O6/c1-4-16-38-24-12-9-22(10-13-24)29(34)27-28(23-11-14-25(39-17-5-2)26(18-23)37-6-3)33(31(36)30(27)35)20-21-8-7-15-32-19-21/h5,7-15,18-19,28,34H,2,4,6,16-17,20H2,1,3H3/b29-27+. The van der Waals surface area contributed by atoms with Crippen molar-refractivity contribution in [2.75, 3.05) is 19.8 Å². The smallest absolute Gasteiger partial charge is 0.295 e. The van der Waals surface area contributed by atoms with E-state index in [1.54, 1.807) is 67.0 Å². The third-order valence-corrected chi connectivity index (χ3v) is 6.16. The first-order chi connectivity index (χ1) is 19.0. The van der Waals surface area contributed by atoms with Gasteiger partial charge in [-0.25, -0.2) is 0 Å². The zero-order valence-electron chi connectivity index (χ0n) is 22.1. The van der Waals surface area contributed by atoms with E-state index in [9.17, 15) is 14.7 Å². The van der Waals surface area contributed by atoms with Crippen molar-refractivity contribution in [3.8, 4) is 17.2 Å². The van der Waals surface area contributed by atoms with Crippen LogP contribution in [0.1, 0.15) is 43.0 Å². The molecule has 4 rings (SSSR count). The van der Waals surface area contributed by atoms with Gasteiger partial charge in [0.2, 0.25) is 0 Å². The van der Waals surface area contributed by atoms with Crippen molar-refractivity contribution < 1.29 is 28.9 Å². The van der Waals surface area contributed by atoms with Crippen molar-refractivity contribution in [3.05, 3.63) is 102 Å². The molecule has 0 saturated carbocycles. The zero-order valence-corrected chi connectivity index (χ0v) is 22.1. The van der Waals surface area contributed by atoms with Gasteiger partial charge < -0.3 is 24.2 Å². The molecule has 1 unspecified atom stereocenters. The Bertz CT molecular complexity index is 1350. The van der Waals surface area contributed by atoms with Gasteiger partial charge in [0, 0.05) is 24.5 Å². The Labute approximate surface area is 228 Å². The third-order valence-electron chi connectivity index (χ3n) is 6.16. The van der Waals surface area contributed by atoms with E-state index in [-0.39, 0.29) is 24.5 Å². The van der Waals surface area contributed by atoms with Gasteiger partial charge in [0.1, 0.15) is 18.1 Å². The van der Waals surface area contributed by atoms with Crippen LogP contribution in [-0.2, 0) is 16.1 Å². The lowest BCUT2D eigenvalue weighted by Crippen LogP contribution is -2.29. The summed E-state index contributed by atoms with van der Waals surface area (Å²) in [5.74, 6) is -0.123. The van der Waals surface area contributed by atoms with Gasteiger partial charge in [0.05, 0.1) is 24.8 Å². The summed E-state index contributed by atoms with van der Waals surface area (Å²) in [7, 11) is 0. The average Bonchev–Trinajstić information content (AvgIpc) is 3.21. The highest BCUT2D eigenvalue weighted by Gasteiger charge is 2.46. The Morgan fingerprint density at radius 1 is 1.05 bits per heavy atom. The largest absolute Gasteiger partial charge is 0.507 e. The van der Waals surface area contributed by atoms with Crippen LogP contribution in [0.3, 0.4) is 0 Å². The summed E-state index contributed by atoms with van der Waals surface area (Å²) in [5.41, 5.74) is 1.74.